The second-order valence-electron chi connectivity index (χ2n) is 3.57. The standard InChI is InChI=1S/C9H10F6N4/c10-8(11,12)5-19(4-2-16)7-17-3-1-6(18-7)9(13,14)15/h1,3H,2,4-5,16H2. The van der Waals surface area contributed by atoms with Gasteiger partial charge < -0.3 is 10.6 Å². The Morgan fingerprint density at radius 2 is 1.79 bits per heavy atom. The van der Waals surface area contributed by atoms with Crippen LogP contribution in [-0.4, -0.2) is 35.8 Å². The topological polar surface area (TPSA) is 55.0 Å². The second kappa shape index (κ2) is 5.59. The summed E-state index contributed by atoms with van der Waals surface area (Å²) in [5, 5.41) is 0. The zero-order valence-electron chi connectivity index (χ0n) is 9.46. The van der Waals surface area contributed by atoms with Gasteiger partial charge in [-0.3, -0.25) is 0 Å². The molecule has 19 heavy (non-hydrogen) atoms. The first-order valence-electron chi connectivity index (χ1n) is 5.05. The third kappa shape index (κ3) is 4.89. The summed E-state index contributed by atoms with van der Waals surface area (Å²) in [5.41, 5.74) is 3.82. The Balaban J connectivity index is 3.03. The largest absolute Gasteiger partial charge is 0.433 e. The van der Waals surface area contributed by atoms with Gasteiger partial charge in [0.1, 0.15) is 12.2 Å². The van der Waals surface area contributed by atoms with E-state index in [-0.39, 0.29) is 13.1 Å². The molecule has 1 aromatic heterocycles. The summed E-state index contributed by atoms with van der Waals surface area (Å²) in [6.07, 6.45) is -8.58. The first-order valence-corrected chi connectivity index (χ1v) is 5.05. The maximum absolute atomic E-state index is 12.4. The van der Waals surface area contributed by atoms with Crippen molar-refractivity contribution in [2.24, 2.45) is 5.73 Å². The zero-order chi connectivity index (χ0) is 14.7. The smallest absolute Gasteiger partial charge is 0.330 e. The minimum atomic E-state index is -4.75. The molecule has 0 unspecified atom stereocenters. The quantitative estimate of drug-likeness (QED) is 0.859. The van der Waals surface area contributed by atoms with Crippen molar-refractivity contribution in [2.45, 2.75) is 12.4 Å². The van der Waals surface area contributed by atoms with Crippen LogP contribution >= 0.6 is 0 Å². The van der Waals surface area contributed by atoms with E-state index in [1.165, 1.54) is 0 Å². The number of anilines is 1. The molecular formula is C9H10F6N4. The Bertz CT molecular complexity index is 416. The number of halogens is 6. The van der Waals surface area contributed by atoms with Crippen molar-refractivity contribution in [2.75, 3.05) is 24.5 Å². The number of hydrogen-bond donors (Lipinski definition) is 1. The molecule has 0 amide bonds. The van der Waals surface area contributed by atoms with Crippen LogP contribution < -0.4 is 10.6 Å². The van der Waals surface area contributed by atoms with Gasteiger partial charge in [0.05, 0.1) is 0 Å². The van der Waals surface area contributed by atoms with Crippen LogP contribution in [0.3, 0.4) is 0 Å². The third-order valence-electron chi connectivity index (χ3n) is 1.99. The minimum Gasteiger partial charge on any atom is -0.330 e. The van der Waals surface area contributed by atoms with E-state index in [9.17, 15) is 26.3 Å². The monoisotopic (exact) mass is 288 g/mol. The summed E-state index contributed by atoms with van der Waals surface area (Å²) < 4.78 is 74.1. The van der Waals surface area contributed by atoms with Crippen molar-refractivity contribution in [3.8, 4) is 0 Å². The second-order valence-corrected chi connectivity index (χ2v) is 3.57. The summed E-state index contributed by atoms with van der Waals surface area (Å²) in [4.78, 5) is 7.05. The molecule has 0 fully saturated rings. The maximum Gasteiger partial charge on any atom is 0.433 e. The SMILES string of the molecule is NCCN(CC(F)(F)F)c1nccc(C(F)(F)F)n1. The van der Waals surface area contributed by atoms with Gasteiger partial charge in [-0.1, -0.05) is 0 Å². The summed E-state index contributed by atoms with van der Waals surface area (Å²) >= 11 is 0. The van der Waals surface area contributed by atoms with Crippen molar-refractivity contribution in [3.05, 3.63) is 18.0 Å². The Labute approximate surface area is 104 Å². The molecule has 1 rings (SSSR count). The Morgan fingerprint density at radius 1 is 1.16 bits per heavy atom. The number of alkyl halides is 6. The zero-order valence-corrected chi connectivity index (χ0v) is 9.46. The van der Waals surface area contributed by atoms with Crippen molar-refractivity contribution < 1.29 is 26.3 Å². The lowest BCUT2D eigenvalue weighted by Crippen LogP contribution is -2.39. The van der Waals surface area contributed by atoms with Crippen molar-refractivity contribution in [1.29, 1.82) is 0 Å². The van der Waals surface area contributed by atoms with Crippen LogP contribution in [0.25, 0.3) is 0 Å². The highest BCUT2D eigenvalue weighted by atomic mass is 19.4. The van der Waals surface area contributed by atoms with Gasteiger partial charge >= 0.3 is 12.4 Å². The fourth-order valence-electron chi connectivity index (χ4n) is 1.28. The van der Waals surface area contributed by atoms with E-state index in [0.717, 1.165) is 6.20 Å². The predicted octanol–water partition coefficient (Wildman–Crippen LogP) is 1.82. The molecule has 1 heterocycles. The molecule has 1 aromatic rings. The summed E-state index contributed by atoms with van der Waals surface area (Å²) in [7, 11) is 0. The van der Waals surface area contributed by atoms with Crippen molar-refractivity contribution in [1.82, 2.24) is 9.97 Å². The number of aromatic nitrogens is 2. The van der Waals surface area contributed by atoms with Gasteiger partial charge in [0.2, 0.25) is 5.95 Å². The van der Waals surface area contributed by atoms with E-state index in [1.54, 1.807) is 0 Å². The average molecular weight is 288 g/mol. The summed E-state index contributed by atoms with van der Waals surface area (Å²) in [6, 6.07) is 0.581. The van der Waals surface area contributed by atoms with E-state index in [0.29, 0.717) is 11.0 Å². The highest BCUT2D eigenvalue weighted by Crippen LogP contribution is 2.28. The Kier molecular flexibility index (Phi) is 4.56. The highest BCUT2D eigenvalue weighted by molar-refractivity contribution is 5.31. The molecule has 0 aliphatic carbocycles. The Morgan fingerprint density at radius 3 is 2.26 bits per heavy atom. The summed E-state index contributed by atoms with van der Waals surface area (Å²) in [5.74, 6) is -0.655. The highest BCUT2D eigenvalue weighted by Gasteiger charge is 2.35. The third-order valence-corrected chi connectivity index (χ3v) is 1.99. The lowest BCUT2D eigenvalue weighted by molar-refractivity contribution is -0.141. The fourth-order valence-corrected chi connectivity index (χ4v) is 1.28. The van der Waals surface area contributed by atoms with Gasteiger partial charge in [-0.15, -0.1) is 0 Å². The molecule has 0 aliphatic rings. The lowest BCUT2D eigenvalue weighted by atomic mass is 10.4. The van der Waals surface area contributed by atoms with Gasteiger partial charge in [0.15, 0.2) is 0 Å². The van der Waals surface area contributed by atoms with Crippen LogP contribution in [0.4, 0.5) is 32.3 Å². The normalized spacial score (nSPS) is 12.6. The van der Waals surface area contributed by atoms with E-state index in [4.69, 9.17) is 5.73 Å². The molecule has 0 aromatic carbocycles. The van der Waals surface area contributed by atoms with E-state index in [2.05, 4.69) is 9.97 Å². The number of rotatable bonds is 4. The van der Waals surface area contributed by atoms with Crippen LogP contribution in [-0.2, 0) is 6.18 Å². The average Bonchev–Trinajstić information content (AvgIpc) is 2.26. The molecule has 0 saturated carbocycles. The van der Waals surface area contributed by atoms with Crippen LogP contribution in [0.1, 0.15) is 5.69 Å². The van der Waals surface area contributed by atoms with Crippen molar-refractivity contribution >= 4 is 5.95 Å². The van der Waals surface area contributed by atoms with Gasteiger partial charge in [0.25, 0.3) is 0 Å². The maximum atomic E-state index is 12.4. The molecule has 0 atom stereocenters. The minimum absolute atomic E-state index is 0.171. The predicted molar refractivity (Wildman–Crippen MR) is 54.4 cm³/mol. The molecule has 4 nitrogen and oxygen atoms in total. The van der Waals surface area contributed by atoms with E-state index < -0.39 is 30.5 Å². The van der Waals surface area contributed by atoms with Gasteiger partial charge in [-0.25, -0.2) is 9.97 Å². The number of nitrogens with zero attached hydrogens (tertiary/aromatic N) is 3. The van der Waals surface area contributed by atoms with Gasteiger partial charge in [-0.05, 0) is 6.07 Å². The van der Waals surface area contributed by atoms with E-state index in [1.807, 2.05) is 0 Å². The van der Waals surface area contributed by atoms with E-state index >= 15 is 0 Å². The molecule has 0 saturated heterocycles. The molecule has 0 spiro atoms. The Hall–Kier alpha value is -1.58. The summed E-state index contributed by atoms with van der Waals surface area (Å²) in [6.45, 7) is -1.94. The first-order chi connectivity index (χ1) is 8.63. The molecule has 10 heteroatoms. The molecule has 0 radical (unpaired) electrons. The van der Waals surface area contributed by atoms with Gasteiger partial charge in [-0.2, -0.15) is 26.3 Å². The molecule has 2 N–H and O–H groups in total. The van der Waals surface area contributed by atoms with Crippen LogP contribution in [0.5, 0.6) is 0 Å². The number of hydrogen-bond acceptors (Lipinski definition) is 4. The fraction of sp³-hybridized carbons (Fsp3) is 0.556. The molecular weight excluding hydrogens is 278 g/mol. The van der Waals surface area contributed by atoms with Crippen LogP contribution in [0, 0.1) is 0 Å². The molecule has 108 valence electrons. The van der Waals surface area contributed by atoms with Crippen molar-refractivity contribution in [3.63, 3.8) is 0 Å². The first kappa shape index (κ1) is 15.5. The number of nitrogens with two attached hydrogens (primary N) is 1. The van der Waals surface area contributed by atoms with Crippen LogP contribution in [0.2, 0.25) is 0 Å². The lowest BCUT2D eigenvalue weighted by Gasteiger charge is -2.23. The molecule has 0 bridgehead atoms. The molecule has 0 aliphatic heterocycles. The van der Waals surface area contributed by atoms with Crippen LogP contribution in [0.15, 0.2) is 12.3 Å². The van der Waals surface area contributed by atoms with Gasteiger partial charge in [0, 0.05) is 19.3 Å².